The molecular weight excluding hydrogens is 380 g/mol. The number of likely N-dealkylation sites (N-methyl/N-ethyl adjacent to an activating group) is 1. The van der Waals surface area contributed by atoms with Gasteiger partial charge in [-0.1, -0.05) is 23.7 Å². The lowest BCUT2D eigenvalue weighted by atomic mass is 10.1. The molecule has 2 amide bonds. The first-order valence-corrected chi connectivity index (χ1v) is 9.25. The van der Waals surface area contributed by atoms with E-state index in [0.717, 1.165) is 5.39 Å². The predicted molar refractivity (Wildman–Crippen MR) is 109 cm³/mol. The van der Waals surface area contributed by atoms with Gasteiger partial charge in [-0.25, -0.2) is 9.78 Å². The molecule has 8 nitrogen and oxygen atoms in total. The number of nitrogens with zero attached hydrogens (tertiary/aromatic N) is 4. The van der Waals surface area contributed by atoms with Gasteiger partial charge in [0, 0.05) is 37.3 Å². The van der Waals surface area contributed by atoms with Crippen molar-refractivity contribution in [3.63, 3.8) is 0 Å². The maximum atomic E-state index is 12.5. The Labute approximate surface area is 166 Å². The molecule has 4 rings (SSSR count). The Hall–Kier alpha value is -3.13. The van der Waals surface area contributed by atoms with Crippen LogP contribution in [0.2, 0.25) is 5.02 Å². The summed E-state index contributed by atoms with van der Waals surface area (Å²) in [4.78, 5) is 39.4. The predicted octanol–water partition coefficient (Wildman–Crippen LogP) is 3.02. The van der Waals surface area contributed by atoms with Gasteiger partial charge in [-0.2, -0.15) is 4.98 Å². The van der Waals surface area contributed by atoms with E-state index in [1.54, 1.807) is 41.2 Å². The summed E-state index contributed by atoms with van der Waals surface area (Å²) in [6.07, 6.45) is 1.59. The van der Waals surface area contributed by atoms with Gasteiger partial charge in [0.15, 0.2) is 0 Å². The number of hydrogen-bond donors (Lipinski definition) is 2. The topological polar surface area (TPSA) is 94.2 Å². The number of carbonyl (C=O) groups is 1. The summed E-state index contributed by atoms with van der Waals surface area (Å²) < 4.78 is 0. The lowest BCUT2D eigenvalue weighted by Gasteiger charge is -2.17. The highest BCUT2D eigenvalue weighted by atomic mass is 35.5. The smallest absolute Gasteiger partial charge is 0.325 e. The van der Waals surface area contributed by atoms with E-state index >= 15 is 0 Å². The molecule has 1 aliphatic heterocycles. The molecule has 0 aliphatic carbocycles. The van der Waals surface area contributed by atoms with Crippen LogP contribution >= 0.6 is 11.6 Å². The Bertz CT molecular complexity index is 1120. The summed E-state index contributed by atoms with van der Waals surface area (Å²) in [5.74, 6) is 0.871. The molecule has 0 radical (unpaired) electrons. The van der Waals surface area contributed by atoms with Crippen molar-refractivity contribution in [1.29, 1.82) is 0 Å². The number of hydrogen-bond acceptors (Lipinski definition) is 5. The molecule has 2 aromatic heterocycles. The van der Waals surface area contributed by atoms with Crippen molar-refractivity contribution < 1.29 is 4.79 Å². The molecule has 0 unspecified atom stereocenters. The molecule has 1 aromatic carbocycles. The Kier molecular flexibility index (Phi) is 4.64. The Morgan fingerprint density at radius 2 is 2.07 bits per heavy atom. The average molecular weight is 399 g/mol. The number of pyridine rings is 1. The van der Waals surface area contributed by atoms with Crippen LogP contribution in [0.25, 0.3) is 10.9 Å². The highest BCUT2D eigenvalue weighted by Crippen LogP contribution is 2.24. The van der Waals surface area contributed by atoms with E-state index in [9.17, 15) is 9.59 Å². The monoisotopic (exact) mass is 398 g/mol. The maximum absolute atomic E-state index is 12.5. The number of urea groups is 1. The van der Waals surface area contributed by atoms with Gasteiger partial charge in [0.25, 0.3) is 5.56 Å². The Balaban J connectivity index is 1.61. The van der Waals surface area contributed by atoms with Crippen molar-refractivity contribution in [3.05, 3.63) is 57.5 Å². The number of anilines is 2. The van der Waals surface area contributed by atoms with E-state index in [-0.39, 0.29) is 17.6 Å². The third-order valence-corrected chi connectivity index (χ3v) is 5.12. The van der Waals surface area contributed by atoms with Crippen LogP contribution in [0, 0.1) is 0 Å². The fraction of sp³-hybridized carbons (Fsp3) is 0.263. The fourth-order valence-electron chi connectivity index (χ4n) is 3.23. The third-order valence-electron chi connectivity index (χ3n) is 4.80. The molecule has 0 saturated carbocycles. The number of H-pyrrole nitrogens is 1. The second kappa shape index (κ2) is 7.12. The lowest BCUT2D eigenvalue weighted by Crippen LogP contribution is -2.30. The van der Waals surface area contributed by atoms with Gasteiger partial charge in [0.1, 0.15) is 5.82 Å². The Morgan fingerprint density at radius 3 is 2.82 bits per heavy atom. The summed E-state index contributed by atoms with van der Waals surface area (Å²) in [6, 6.07) is 8.51. The fourth-order valence-corrected chi connectivity index (χ4v) is 3.46. The molecule has 0 spiro atoms. The van der Waals surface area contributed by atoms with Gasteiger partial charge in [-0.15, -0.1) is 0 Å². The van der Waals surface area contributed by atoms with E-state index < -0.39 is 0 Å². The van der Waals surface area contributed by atoms with Gasteiger partial charge in [0.05, 0.1) is 16.6 Å². The van der Waals surface area contributed by atoms with Crippen LogP contribution in [0.3, 0.4) is 0 Å². The standard InChI is InChI=1S/C19H19ClN6O2/c1-11(13-10-12-4-3-5-14(20)16(12)24-17(13)27)22-18-21-7-6-15(23-18)26-9-8-25(2)19(26)28/h3-7,10-11H,8-9H2,1-2H3,(H,24,27)(H,21,22,23)/t11-/m0/s1. The van der Waals surface area contributed by atoms with Gasteiger partial charge in [-0.05, 0) is 25.1 Å². The molecule has 1 saturated heterocycles. The van der Waals surface area contributed by atoms with Crippen LogP contribution in [0.1, 0.15) is 18.5 Å². The number of halogens is 1. The summed E-state index contributed by atoms with van der Waals surface area (Å²) >= 11 is 6.15. The van der Waals surface area contributed by atoms with Crippen LogP contribution < -0.4 is 15.8 Å². The van der Waals surface area contributed by atoms with E-state index in [2.05, 4.69) is 20.3 Å². The minimum Gasteiger partial charge on any atom is -0.347 e. The third kappa shape index (κ3) is 3.27. The average Bonchev–Trinajstić information content (AvgIpc) is 3.01. The molecule has 1 atom stereocenters. The molecule has 0 bridgehead atoms. The SMILES string of the molecule is C[C@H](Nc1nccc(N2CCN(C)C2=O)n1)c1cc2cccc(Cl)c2[nH]c1=O. The molecule has 2 N–H and O–H groups in total. The summed E-state index contributed by atoms with van der Waals surface area (Å²) in [6.45, 7) is 3.08. The van der Waals surface area contributed by atoms with Crippen LogP contribution in [0.5, 0.6) is 0 Å². The van der Waals surface area contributed by atoms with E-state index in [0.29, 0.717) is 41.0 Å². The van der Waals surface area contributed by atoms with Crippen molar-refractivity contribution in [2.45, 2.75) is 13.0 Å². The summed E-state index contributed by atoms with van der Waals surface area (Å²) in [5, 5.41) is 4.48. The Morgan fingerprint density at radius 1 is 1.25 bits per heavy atom. The molecule has 3 aromatic rings. The number of para-hydroxylation sites is 1. The molecule has 28 heavy (non-hydrogen) atoms. The lowest BCUT2D eigenvalue weighted by molar-refractivity contribution is 0.229. The van der Waals surface area contributed by atoms with E-state index in [1.165, 1.54) is 0 Å². The highest BCUT2D eigenvalue weighted by Gasteiger charge is 2.27. The number of nitrogens with one attached hydrogen (secondary N) is 2. The quantitative estimate of drug-likeness (QED) is 0.704. The van der Waals surface area contributed by atoms with Crippen molar-refractivity contribution in [2.75, 3.05) is 30.4 Å². The molecular formula is C19H19ClN6O2. The number of aromatic nitrogens is 3. The number of fused-ring (bicyclic) bond motifs is 1. The summed E-state index contributed by atoms with van der Waals surface area (Å²) in [7, 11) is 1.75. The number of rotatable bonds is 4. The van der Waals surface area contributed by atoms with Crippen LogP contribution in [-0.2, 0) is 0 Å². The van der Waals surface area contributed by atoms with Gasteiger partial charge in [0.2, 0.25) is 5.95 Å². The molecule has 1 fully saturated rings. The normalized spacial score (nSPS) is 15.3. The zero-order chi connectivity index (χ0) is 19.8. The minimum absolute atomic E-state index is 0.0967. The second-order valence-corrected chi connectivity index (χ2v) is 7.13. The van der Waals surface area contributed by atoms with Gasteiger partial charge < -0.3 is 15.2 Å². The van der Waals surface area contributed by atoms with Crippen molar-refractivity contribution in [3.8, 4) is 0 Å². The van der Waals surface area contributed by atoms with Crippen LogP contribution in [-0.4, -0.2) is 46.0 Å². The first-order chi connectivity index (χ1) is 13.4. The first-order valence-electron chi connectivity index (χ1n) is 8.87. The van der Waals surface area contributed by atoms with Crippen molar-refractivity contribution in [1.82, 2.24) is 19.9 Å². The molecule has 9 heteroatoms. The number of benzene rings is 1. The molecule has 1 aliphatic rings. The zero-order valence-corrected chi connectivity index (χ0v) is 16.2. The van der Waals surface area contributed by atoms with Crippen molar-refractivity contribution >= 4 is 40.3 Å². The van der Waals surface area contributed by atoms with Gasteiger partial charge >= 0.3 is 6.03 Å². The van der Waals surface area contributed by atoms with Gasteiger partial charge in [-0.3, -0.25) is 9.69 Å². The van der Waals surface area contributed by atoms with Crippen LogP contribution in [0.15, 0.2) is 41.3 Å². The molecule has 3 heterocycles. The number of carbonyl (C=O) groups excluding carboxylic acids is 1. The van der Waals surface area contributed by atoms with E-state index in [4.69, 9.17) is 11.6 Å². The maximum Gasteiger partial charge on any atom is 0.325 e. The zero-order valence-electron chi connectivity index (χ0n) is 15.4. The highest BCUT2D eigenvalue weighted by molar-refractivity contribution is 6.35. The van der Waals surface area contributed by atoms with Crippen LogP contribution in [0.4, 0.5) is 16.6 Å². The molecule has 144 valence electrons. The first kappa shape index (κ1) is 18.2. The number of amides is 2. The van der Waals surface area contributed by atoms with E-state index in [1.807, 2.05) is 19.1 Å². The van der Waals surface area contributed by atoms with Crippen molar-refractivity contribution in [2.24, 2.45) is 0 Å². The largest absolute Gasteiger partial charge is 0.347 e. The minimum atomic E-state index is -0.348. The number of aromatic amines is 1. The second-order valence-electron chi connectivity index (χ2n) is 6.72. The summed E-state index contributed by atoms with van der Waals surface area (Å²) in [5.41, 5.74) is 0.925.